The summed E-state index contributed by atoms with van der Waals surface area (Å²) < 4.78 is 10.9. The molecule has 0 saturated heterocycles. The van der Waals surface area contributed by atoms with E-state index in [2.05, 4.69) is 10.3 Å². The number of fused-ring (bicyclic) bond motifs is 1. The molecular weight excluding hydrogens is 386 g/mol. The summed E-state index contributed by atoms with van der Waals surface area (Å²) in [5.41, 5.74) is 1.01. The van der Waals surface area contributed by atoms with Crippen LogP contribution in [0.25, 0.3) is 0 Å². The number of para-hydroxylation sites is 2. The number of rotatable bonds is 6. The van der Waals surface area contributed by atoms with Crippen LogP contribution in [0.15, 0.2) is 66.9 Å². The summed E-state index contributed by atoms with van der Waals surface area (Å²) in [7, 11) is 1.54. The van der Waals surface area contributed by atoms with Gasteiger partial charge in [0.1, 0.15) is 6.54 Å². The van der Waals surface area contributed by atoms with E-state index in [1.807, 2.05) is 12.1 Å². The van der Waals surface area contributed by atoms with E-state index < -0.39 is 17.7 Å². The molecule has 0 unspecified atom stereocenters. The molecule has 30 heavy (non-hydrogen) atoms. The lowest BCUT2D eigenvalue weighted by Crippen LogP contribution is -2.37. The molecule has 1 aliphatic heterocycles. The van der Waals surface area contributed by atoms with E-state index in [9.17, 15) is 14.4 Å². The molecule has 2 heterocycles. The van der Waals surface area contributed by atoms with Gasteiger partial charge in [0, 0.05) is 6.07 Å². The van der Waals surface area contributed by atoms with Crippen molar-refractivity contribution in [1.29, 1.82) is 0 Å². The summed E-state index contributed by atoms with van der Waals surface area (Å²) in [6.07, 6.45) is 1.42. The lowest BCUT2D eigenvalue weighted by molar-refractivity contribution is -0.116. The molecule has 1 N–H and O–H groups in total. The lowest BCUT2D eigenvalue weighted by atomic mass is 10.1. The first-order valence-corrected chi connectivity index (χ1v) is 9.09. The standard InChI is InChI=1S/C22H17N3O5/c1-29-17-8-4-5-9-18(17)30-20-11-10-14(12-23-20)24-19(26)13-25-21(27)15-6-2-3-7-16(15)22(25)28/h2-12H,13H2,1H3,(H,24,26). The van der Waals surface area contributed by atoms with Gasteiger partial charge in [-0.1, -0.05) is 24.3 Å². The summed E-state index contributed by atoms with van der Waals surface area (Å²) in [5, 5.41) is 2.62. The van der Waals surface area contributed by atoms with E-state index in [4.69, 9.17) is 9.47 Å². The third kappa shape index (κ3) is 3.70. The minimum absolute atomic E-state index is 0.301. The molecule has 0 radical (unpaired) electrons. The second-order valence-electron chi connectivity index (χ2n) is 6.43. The monoisotopic (exact) mass is 403 g/mol. The Kier molecular flexibility index (Phi) is 5.13. The van der Waals surface area contributed by atoms with Crippen LogP contribution in [-0.4, -0.2) is 41.3 Å². The van der Waals surface area contributed by atoms with E-state index in [1.165, 1.54) is 6.20 Å². The molecular formula is C22H17N3O5. The molecule has 0 atom stereocenters. The molecule has 8 heteroatoms. The Labute approximate surface area is 172 Å². The fourth-order valence-corrected chi connectivity index (χ4v) is 3.06. The topological polar surface area (TPSA) is 97.8 Å². The number of hydrogen-bond donors (Lipinski definition) is 1. The lowest BCUT2D eigenvalue weighted by Gasteiger charge is -2.14. The molecule has 8 nitrogen and oxygen atoms in total. The summed E-state index contributed by atoms with van der Waals surface area (Å²) in [6, 6.07) is 16.8. The van der Waals surface area contributed by atoms with Crippen molar-refractivity contribution < 1.29 is 23.9 Å². The summed E-state index contributed by atoms with van der Waals surface area (Å²) in [5.74, 6) is -0.0797. The van der Waals surface area contributed by atoms with Crippen molar-refractivity contribution in [3.05, 3.63) is 78.0 Å². The van der Waals surface area contributed by atoms with Crippen molar-refractivity contribution in [3.63, 3.8) is 0 Å². The minimum atomic E-state index is -0.510. The quantitative estimate of drug-likeness (QED) is 0.635. The van der Waals surface area contributed by atoms with E-state index in [0.717, 1.165) is 4.90 Å². The molecule has 1 aromatic heterocycles. The van der Waals surface area contributed by atoms with E-state index >= 15 is 0 Å². The number of pyridine rings is 1. The van der Waals surface area contributed by atoms with E-state index in [1.54, 1.807) is 55.6 Å². The average Bonchev–Trinajstić information content (AvgIpc) is 3.00. The molecule has 3 aromatic rings. The Hall–Kier alpha value is -4.20. The van der Waals surface area contributed by atoms with Gasteiger partial charge in [0.2, 0.25) is 11.8 Å². The zero-order chi connectivity index (χ0) is 21.1. The molecule has 0 saturated carbocycles. The van der Waals surface area contributed by atoms with Crippen LogP contribution in [0, 0.1) is 0 Å². The number of ether oxygens (including phenoxy) is 2. The van der Waals surface area contributed by atoms with Crippen molar-refractivity contribution >= 4 is 23.4 Å². The number of carbonyl (C=O) groups excluding carboxylic acids is 3. The first-order chi connectivity index (χ1) is 14.6. The Morgan fingerprint density at radius 2 is 1.57 bits per heavy atom. The predicted molar refractivity (Wildman–Crippen MR) is 108 cm³/mol. The number of imide groups is 1. The summed E-state index contributed by atoms with van der Waals surface area (Å²) >= 11 is 0. The number of anilines is 1. The number of hydrogen-bond acceptors (Lipinski definition) is 6. The Bertz CT molecular complexity index is 1090. The highest BCUT2D eigenvalue weighted by Crippen LogP contribution is 2.30. The Morgan fingerprint density at radius 3 is 2.17 bits per heavy atom. The van der Waals surface area contributed by atoms with E-state index in [0.29, 0.717) is 34.2 Å². The van der Waals surface area contributed by atoms with E-state index in [-0.39, 0.29) is 6.54 Å². The highest BCUT2D eigenvalue weighted by atomic mass is 16.5. The van der Waals surface area contributed by atoms with Crippen molar-refractivity contribution in [2.75, 3.05) is 19.0 Å². The van der Waals surface area contributed by atoms with Crippen LogP contribution >= 0.6 is 0 Å². The maximum atomic E-state index is 12.4. The molecule has 2 aromatic carbocycles. The van der Waals surface area contributed by atoms with Gasteiger partial charge in [0.25, 0.3) is 11.8 Å². The zero-order valence-corrected chi connectivity index (χ0v) is 16.0. The number of benzene rings is 2. The predicted octanol–water partition coefficient (Wildman–Crippen LogP) is 3.12. The molecule has 0 bridgehead atoms. The number of aromatic nitrogens is 1. The zero-order valence-electron chi connectivity index (χ0n) is 16.0. The van der Waals surface area contributed by atoms with Crippen LogP contribution in [0.4, 0.5) is 5.69 Å². The summed E-state index contributed by atoms with van der Waals surface area (Å²) in [4.78, 5) is 42.1. The number of nitrogens with zero attached hydrogens (tertiary/aromatic N) is 2. The smallest absolute Gasteiger partial charge is 0.262 e. The van der Waals surface area contributed by atoms with Gasteiger partial charge in [-0.2, -0.15) is 0 Å². The first-order valence-electron chi connectivity index (χ1n) is 9.09. The molecule has 1 aliphatic rings. The molecule has 4 rings (SSSR count). The van der Waals surface area contributed by atoms with Gasteiger partial charge in [-0.15, -0.1) is 0 Å². The SMILES string of the molecule is COc1ccccc1Oc1ccc(NC(=O)CN2C(=O)c3ccccc3C2=O)cn1. The third-order valence-corrected chi connectivity index (χ3v) is 4.48. The second kappa shape index (κ2) is 8.04. The molecule has 0 spiro atoms. The highest BCUT2D eigenvalue weighted by Gasteiger charge is 2.36. The van der Waals surface area contributed by atoms with Gasteiger partial charge in [0.05, 0.1) is 30.1 Å². The normalized spacial score (nSPS) is 12.5. The fraction of sp³-hybridized carbons (Fsp3) is 0.0909. The molecule has 0 aliphatic carbocycles. The van der Waals surface area contributed by atoms with Crippen LogP contribution < -0.4 is 14.8 Å². The maximum absolute atomic E-state index is 12.4. The number of carbonyl (C=O) groups is 3. The van der Waals surface area contributed by atoms with Gasteiger partial charge >= 0.3 is 0 Å². The largest absolute Gasteiger partial charge is 0.493 e. The van der Waals surface area contributed by atoms with Crippen LogP contribution in [0.3, 0.4) is 0 Å². The van der Waals surface area contributed by atoms with Gasteiger partial charge in [-0.05, 0) is 30.3 Å². The summed E-state index contributed by atoms with van der Waals surface area (Å²) in [6.45, 7) is -0.383. The highest BCUT2D eigenvalue weighted by molar-refractivity contribution is 6.22. The van der Waals surface area contributed by atoms with Crippen LogP contribution in [0.5, 0.6) is 17.4 Å². The molecule has 3 amide bonds. The van der Waals surface area contributed by atoms with Crippen LogP contribution in [0.1, 0.15) is 20.7 Å². The number of nitrogens with one attached hydrogen (secondary N) is 1. The Balaban J connectivity index is 1.39. The average molecular weight is 403 g/mol. The molecule has 0 fully saturated rings. The van der Waals surface area contributed by atoms with Crippen molar-refractivity contribution in [2.24, 2.45) is 0 Å². The fourth-order valence-electron chi connectivity index (χ4n) is 3.06. The van der Waals surface area contributed by atoms with Crippen LogP contribution in [0.2, 0.25) is 0 Å². The van der Waals surface area contributed by atoms with Crippen molar-refractivity contribution in [3.8, 4) is 17.4 Å². The molecule has 150 valence electrons. The van der Waals surface area contributed by atoms with Crippen molar-refractivity contribution in [2.45, 2.75) is 0 Å². The number of amides is 3. The first kappa shape index (κ1) is 19.1. The van der Waals surface area contributed by atoms with Gasteiger partial charge in [-0.25, -0.2) is 4.98 Å². The minimum Gasteiger partial charge on any atom is -0.493 e. The second-order valence-corrected chi connectivity index (χ2v) is 6.43. The number of methoxy groups -OCH3 is 1. The maximum Gasteiger partial charge on any atom is 0.262 e. The van der Waals surface area contributed by atoms with Crippen LogP contribution in [-0.2, 0) is 4.79 Å². The Morgan fingerprint density at radius 1 is 0.933 bits per heavy atom. The van der Waals surface area contributed by atoms with Gasteiger partial charge in [-0.3, -0.25) is 19.3 Å². The van der Waals surface area contributed by atoms with Crippen molar-refractivity contribution in [1.82, 2.24) is 9.88 Å². The van der Waals surface area contributed by atoms with Gasteiger partial charge < -0.3 is 14.8 Å². The third-order valence-electron chi connectivity index (χ3n) is 4.48. The van der Waals surface area contributed by atoms with Gasteiger partial charge in [0.15, 0.2) is 11.5 Å².